The van der Waals surface area contributed by atoms with Gasteiger partial charge < -0.3 is 4.74 Å². The van der Waals surface area contributed by atoms with E-state index in [0.717, 1.165) is 5.39 Å². The Morgan fingerprint density at radius 3 is 2.23 bits per heavy atom. The van der Waals surface area contributed by atoms with Crippen LogP contribution in [0, 0.1) is 0 Å². The van der Waals surface area contributed by atoms with Gasteiger partial charge >= 0.3 is 5.97 Å². The fraction of sp³-hybridized carbons (Fsp3) is 0.105. The number of fused-ring (bicyclic) bond motifs is 1. The van der Waals surface area contributed by atoms with Gasteiger partial charge in [0.15, 0.2) is 9.84 Å². The van der Waals surface area contributed by atoms with E-state index < -0.39 is 15.8 Å². The smallest absolute Gasteiger partial charge is 0.312 e. The van der Waals surface area contributed by atoms with E-state index in [1.54, 1.807) is 24.3 Å². The number of halogens is 2. The third-order valence-corrected chi connectivity index (χ3v) is 6.12. The van der Waals surface area contributed by atoms with Gasteiger partial charge in [0.2, 0.25) is 0 Å². The van der Waals surface area contributed by atoms with Crippen molar-refractivity contribution in [1.29, 1.82) is 0 Å². The molecule has 0 fully saturated rings. The molecule has 0 aromatic heterocycles. The second-order valence-corrected chi connectivity index (χ2v) is 8.54. The van der Waals surface area contributed by atoms with Gasteiger partial charge in [0.25, 0.3) is 0 Å². The molecular weight excluding hydrogens is 395 g/mol. The van der Waals surface area contributed by atoms with E-state index in [2.05, 4.69) is 0 Å². The topological polar surface area (TPSA) is 60.4 Å². The highest BCUT2D eigenvalue weighted by Crippen LogP contribution is 2.31. The first-order valence-corrected chi connectivity index (χ1v) is 10.1. The number of esters is 1. The standard InChI is InChI=1S/C19H14Cl2O4S/c20-13-5-7-14(8-6-13)26(23,24)12-11-19(22)25-18-10-9-17(21)15-3-1-2-4-16(15)18/h1-10H,11-12H2. The van der Waals surface area contributed by atoms with Gasteiger partial charge in [0.05, 0.1) is 17.1 Å². The normalized spacial score (nSPS) is 11.5. The van der Waals surface area contributed by atoms with Crippen molar-refractivity contribution in [2.75, 3.05) is 5.75 Å². The molecule has 0 saturated carbocycles. The third kappa shape index (κ3) is 4.18. The number of ether oxygens (including phenoxy) is 1. The Kier molecular flexibility index (Phi) is 5.51. The van der Waals surface area contributed by atoms with Crippen molar-refractivity contribution in [3.63, 3.8) is 0 Å². The van der Waals surface area contributed by atoms with Gasteiger partial charge in [-0.1, -0.05) is 47.5 Å². The van der Waals surface area contributed by atoms with Crippen molar-refractivity contribution in [3.05, 3.63) is 70.7 Å². The summed E-state index contributed by atoms with van der Waals surface area (Å²) in [5.41, 5.74) is 0. The van der Waals surface area contributed by atoms with Crippen LogP contribution in [-0.2, 0) is 14.6 Å². The molecule has 0 aliphatic rings. The predicted octanol–water partition coefficient (Wildman–Crippen LogP) is 4.92. The van der Waals surface area contributed by atoms with Gasteiger partial charge in [0.1, 0.15) is 5.75 Å². The van der Waals surface area contributed by atoms with Crippen LogP contribution in [0.4, 0.5) is 0 Å². The molecule has 134 valence electrons. The Balaban J connectivity index is 1.72. The van der Waals surface area contributed by atoms with Crippen LogP contribution in [-0.4, -0.2) is 20.1 Å². The average molecular weight is 409 g/mol. The zero-order valence-corrected chi connectivity index (χ0v) is 15.8. The van der Waals surface area contributed by atoms with Crippen LogP contribution in [0.25, 0.3) is 10.8 Å². The van der Waals surface area contributed by atoms with Gasteiger partial charge in [-0.25, -0.2) is 8.42 Å². The lowest BCUT2D eigenvalue weighted by molar-refractivity contribution is -0.133. The van der Waals surface area contributed by atoms with Crippen LogP contribution in [0.2, 0.25) is 10.0 Å². The summed E-state index contributed by atoms with van der Waals surface area (Å²) < 4.78 is 29.9. The molecule has 7 heteroatoms. The first-order valence-electron chi connectivity index (χ1n) is 7.73. The molecule has 3 aromatic carbocycles. The van der Waals surface area contributed by atoms with E-state index in [0.29, 0.717) is 21.2 Å². The Morgan fingerprint density at radius 1 is 0.885 bits per heavy atom. The van der Waals surface area contributed by atoms with Gasteiger partial charge in [-0.3, -0.25) is 4.79 Å². The zero-order chi connectivity index (χ0) is 18.7. The van der Waals surface area contributed by atoms with E-state index in [1.165, 1.54) is 24.3 Å². The Morgan fingerprint density at radius 2 is 1.54 bits per heavy atom. The maximum absolute atomic E-state index is 12.3. The lowest BCUT2D eigenvalue weighted by atomic mass is 10.1. The van der Waals surface area contributed by atoms with Crippen molar-refractivity contribution in [2.24, 2.45) is 0 Å². The summed E-state index contributed by atoms with van der Waals surface area (Å²) in [6, 6.07) is 16.3. The molecule has 0 spiro atoms. The Hall–Kier alpha value is -2.08. The van der Waals surface area contributed by atoms with Crippen LogP contribution in [0.5, 0.6) is 5.75 Å². The molecule has 0 atom stereocenters. The number of carbonyl (C=O) groups excluding carboxylic acids is 1. The van der Waals surface area contributed by atoms with Gasteiger partial charge in [-0.15, -0.1) is 0 Å². The summed E-state index contributed by atoms with van der Waals surface area (Å²) in [6.07, 6.45) is -0.262. The highest BCUT2D eigenvalue weighted by atomic mass is 35.5. The molecule has 0 radical (unpaired) electrons. The SMILES string of the molecule is O=C(CCS(=O)(=O)c1ccc(Cl)cc1)Oc1ccc(Cl)c2ccccc12. The molecule has 4 nitrogen and oxygen atoms in total. The molecule has 0 aliphatic heterocycles. The quantitative estimate of drug-likeness (QED) is 0.444. The third-order valence-electron chi connectivity index (χ3n) is 3.80. The zero-order valence-electron chi connectivity index (χ0n) is 13.5. The van der Waals surface area contributed by atoms with Crippen molar-refractivity contribution in [2.45, 2.75) is 11.3 Å². The summed E-state index contributed by atoms with van der Waals surface area (Å²) in [6.45, 7) is 0. The molecule has 0 N–H and O–H groups in total. The van der Waals surface area contributed by atoms with Crippen LogP contribution < -0.4 is 4.74 Å². The molecule has 0 unspecified atom stereocenters. The van der Waals surface area contributed by atoms with Gasteiger partial charge in [0, 0.05) is 20.8 Å². The fourth-order valence-corrected chi connectivity index (χ4v) is 4.05. The van der Waals surface area contributed by atoms with Crippen LogP contribution in [0.3, 0.4) is 0 Å². The monoisotopic (exact) mass is 408 g/mol. The van der Waals surface area contributed by atoms with Crippen molar-refractivity contribution in [3.8, 4) is 5.75 Å². The number of hydrogen-bond donors (Lipinski definition) is 0. The fourth-order valence-electron chi connectivity index (χ4n) is 2.47. The minimum absolute atomic E-state index is 0.117. The first kappa shape index (κ1) is 18.7. The molecule has 3 rings (SSSR count). The van der Waals surface area contributed by atoms with E-state index in [9.17, 15) is 13.2 Å². The van der Waals surface area contributed by atoms with Crippen LogP contribution in [0.15, 0.2) is 65.6 Å². The molecule has 0 saturated heterocycles. The van der Waals surface area contributed by atoms with Crippen molar-refractivity contribution in [1.82, 2.24) is 0 Å². The Labute approximate surface area is 161 Å². The highest BCUT2D eigenvalue weighted by Gasteiger charge is 2.18. The summed E-state index contributed by atoms with van der Waals surface area (Å²) in [5, 5.41) is 2.44. The van der Waals surface area contributed by atoms with E-state index in [1.807, 2.05) is 12.1 Å². The second-order valence-electron chi connectivity index (χ2n) is 5.59. The summed E-state index contributed by atoms with van der Waals surface area (Å²) in [5.74, 6) is -0.632. The molecule has 3 aromatic rings. The lowest BCUT2D eigenvalue weighted by Crippen LogP contribution is -2.15. The predicted molar refractivity (Wildman–Crippen MR) is 103 cm³/mol. The van der Waals surface area contributed by atoms with Gasteiger partial charge in [-0.2, -0.15) is 0 Å². The maximum Gasteiger partial charge on any atom is 0.312 e. The Bertz CT molecular complexity index is 1060. The van der Waals surface area contributed by atoms with Crippen LogP contribution >= 0.6 is 23.2 Å². The number of benzene rings is 3. The molecule has 26 heavy (non-hydrogen) atoms. The largest absolute Gasteiger partial charge is 0.426 e. The second kappa shape index (κ2) is 7.66. The van der Waals surface area contributed by atoms with E-state index in [4.69, 9.17) is 27.9 Å². The number of hydrogen-bond acceptors (Lipinski definition) is 4. The minimum atomic E-state index is -3.59. The highest BCUT2D eigenvalue weighted by molar-refractivity contribution is 7.91. The van der Waals surface area contributed by atoms with Crippen LogP contribution in [0.1, 0.15) is 6.42 Å². The average Bonchev–Trinajstić information content (AvgIpc) is 2.63. The number of rotatable bonds is 5. The summed E-state index contributed by atoms with van der Waals surface area (Å²) >= 11 is 11.9. The molecule has 0 bridgehead atoms. The molecule has 0 amide bonds. The van der Waals surface area contributed by atoms with E-state index >= 15 is 0 Å². The molecule has 0 aliphatic carbocycles. The maximum atomic E-state index is 12.3. The number of sulfone groups is 1. The first-order chi connectivity index (χ1) is 12.4. The van der Waals surface area contributed by atoms with Gasteiger partial charge in [-0.05, 0) is 36.4 Å². The number of carbonyl (C=O) groups is 1. The van der Waals surface area contributed by atoms with Crippen molar-refractivity contribution < 1.29 is 17.9 Å². The van der Waals surface area contributed by atoms with E-state index in [-0.39, 0.29) is 17.1 Å². The molecule has 0 heterocycles. The minimum Gasteiger partial charge on any atom is -0.426 e. The molecular formula is C19H14Cl2O4S. The summed E-state index contributed by atoms with van der Waals surface area (Å²) in [7, 11) is -3.59. The summed E-state index contributed by atoms with van der Waals surface area (Å²) in [4.78, 5) is 12.2. The van der Waals surface area contributed by atoms with Crippen molar-refractivity contribution >= 4 is 49.8 Å². The lowest BCUT2D eigenvalue weighted by Gasteiger charge is -2.09.